The van der Waals surface area contributed by atoms with Crippen LogP contribution in [0.15, 0.2) is 4.52 Å². The van der Waals surface area contributed by atoms with Crippen LogP contribution in [0.4, 0.5) is 0 Å². The van der Waals surface area contributed by atoms with E-state index in [1.54, 1.807) is 0 Å². The summed E-state index contributed by atoms with van der Waals surface area (Å²) in [5.74, 6) is 2.46. The second-order valence-electron chi connectivity index (χ2n) is 6.81. The molecule has 2 rings (SSSR count). The van der Waals surface area contributed by atoms with Gasteiger partial charge in [0.05, 0.1) is 6.04 Å². The second kappa shape index (κ2) is 5.61. The Morgan fingerprint density at radius 3 is 2.37 bits per heavy atom. The number of hydrogen-bond donors (Lipinski definition) is 1. The first kappa shape index (κ1) is 14.5. The number of hydrogen-bond acceptors (Lipinski definition) is 4. The third-order valence-electron chi connectivity index (χ3n) is 4.27. The van der Waals surface area contributed by atoms with Crippen LogP contribution in [0.3, 0.4) is 0 Å². The highest BCUT2D eigenvalue weighted by Gasteiger charge is 2.41. The molecule has 1 saturated carbocycles. The summed E-state index contributed by atoms with van der Waals surface area (Å²) in [6, 6.07) is -0.130. The molecule has 0 bridgehead atoms. The topological polar surface area (TPSA) is 64.9 Å². The Kier molecular flexibility index (Phi) is 4.29. The SMILES string of the molecule is CC(C)CC1(c2nc(C(N)C(C)C)no2)CCCC1. The van der Waals surface area contributed by atoms with E-state index >= 15 is 0 Å². The lowest BCUT2D eigenvalue weighted by molar-refractivity contribution is 0.243. The van der Waals surface area contributed by atoms with Crippen molar-refractivity contribution in [3.05, 3.63) is 11.7 Å². The summed E-state index contributed by atoms with van der Waals surface area (Å²) in [5, 5.41) is 4.12. The molecule has 0 spiro atoms. The molecule has 4 nitrogen and oxygen atoms in total. The van der Waals surface area contributed by atoms with Crippen LogP contribution in [-0.4, -0.2) is 10.1 Å². The largest absolute Gasteiger partial charge is 0.339 e. The minimum absolute atomic E-state index is 0.107. The molecule has 108 valence electrons. The van der Waals surface area contributed by atoms with Crippen molar-refractivity contribution >= 4 is 0 Å². The van der Waals surface area contributed by atoms with Crippen molar-refractivity contribution in [2.24, 2.45) is 17.6 Å². The maximum absolute atomic E-state index is 6.11. The van der Waals surface area contributed by atoms with Gasteiger partial charge in [-0.3, -0.25) is 0 Å². The first-order chi connectivity index (χ1) is 8.94. The van der Waals surface area contributed by atoms with Gasteiger partial charge in [-0.1, -0.05) is 45.7 Å². The number of nitrogens with zero attached hydrogens (tertiary/aromatic N) is 2. The fourth-order valence-corrected chi connectivity index (χ4v) is 3.22. The third kappa shape index (κ3) is 2.99. The number of aromatic nitrogens is 2. The Labute approximate surface area is 116 Å². The van der Waals surface area contributed by atoms with E-state index in [9.17, 15) is 0 Å². The number of nitrogens with two attached hydrogens (primary N) is 1. The minimum Gasteiger partial charge on any atom is -0.339 e. The van der Waals surface area contributed by atoms with Crippen molar-refractivity contribution < 1.29 is 4.52 Å². The fourth-order valence-electron chi connectivity index (χ4n) is 3.22. The molecule has 1 atom stereocenters. The van der Waals surface area contributed by atoms with Crippen LogP contribution >= 0.6 is 0 Å². The van der Waals surface area contributed by atoms with Crippen molar-refractivity contribution in [2.75, 3.05) is 0 Å². The maximum Gasteiger partial charge on any atom is 0.232 e. The van der Waals surface area contributed by atoms with Gasteiger partial charge in [-0.05, 0) is 31.1 Å². The van der Waals surface area contributed by atoms with E-state index in [1.807, 2.05) is 0 Å². The molecule has 0 saturated heterocycles. The van der Waals surface area contributed by atoms with Gasteiger partial charge < -0.3 is 10.3 Å². The van der Waals surface area contributed by atoms with Crippen LogP contribution in [0.5, 0.6) is 0 Å². The highest BCUT2D eigenvalue weighted by atomic mass is 16.5. The van der Waals surface area contributed by atoms with Gasteiger partial charge >= 0.3 is 0 Å². The Morgan fingerprint density at radius 2 is 1.84 bits per heavy atom. The first-order valence-electron chi connectivity index (χ1n) is 7.54. The minimum atomic E-state index is -0.130. The lowest BCUT2D eigenvalue weighted by Gasteiger charge is -2.26. The second-order valence-corrected chi connectivity index (χ2v) is 6.81. The molecule has 2 N–H and O–H groups in total. The summed E-state index contributed by atoms with van der Waals surface area (Å²) < 4.78 is 5.58. The molecule has 1 aliphatic rings. The first-order valence-corrected chi connectivity index (χ1v) is 7.54. The Hall–Kier alpha value is -0.900. The van der Waals surface area contributed by atoms with Gasteiger partial charge in [0.1, 0.15) is 0 Å². The van der Waals surface area contributed by atoms with Gasteiger partial charge in [0.15, 0.2) is 5.82 Å². The number of rotatable bonds is 5. The van der Waals surface area contributed by atoms with Gasteiger partial charge in [0, 0.05) is 5.41 Å². The van der Waals surface area contributed by atoms with E-state index in [-0.39, 0.29) is 11.5 Å². The third-order valence-corrected chi connectivity index (χ3v) is 4.27. The highest BCUT2D eigenvalue weighted by molar-refractivity contribution is 5.09. The molecular formula is C15H27N3O. The Balaban J connectivity index is 2.23. The molecule has 19 heavy (non-hydrogen) atoms. The Morgan fingerprint density at radius 1 is 1.21 bits per heavy atom. The average Bonchev–Trinajstić information content (AvgIpc) is 2.95. The molecule has 0 amide bonds. The zero-order valence-corrected chi connectivity index (χ0v) is 12.6. The van der Waals surface area contributed by atoms with Crippen LogP contribution in [0.1, 0.15) is 77.6 Å². The lowest BCUT2D eigenvalue weighted by atomic mass is 9.78. The molecule has 1 heterocycles. The normalized spacial score (nSPS) is 20.4. The van der Waals surface area contributed by atoms with Crippen LogP contribution in [-0.2, 0) is 5.41 Å². The van der Waals surface area contributed by atoms with E-state index in [4.69, 9.17) is 10.3 Å². The molecule has 1 fully saturated rings. The average molecular weight is 265 g/mol. The van der Waals surface area contributed by atoms with E-state index in [0.717, 1.165) is 12.3 Å². The molecule has 1 unspecified atom stereocenters. The predicted molar refractivity (Wildman–Crippen MR) is 75.7 cm³/mol. The summed E-state index contributed by atoms with van der Waals surface area (Å²) >= 11 is 0. The van der Waals surface area contributed by atoms with Gasteiger partial charge in [-0.25, -0.2) is 0 Å². The van der Waals surface area contributed by atoms with Crippen LogP contribution in [0.2, 0.25) is 0 Å². The van der Waals surface area contributed by atoms with E-state index in [2.05, 4.69) is 37.8 Å². The van der Waals surface area contributed by atoms with Gasteiger partial charge in [0.25, 0.3) is 0 Å². The highest BCUT2D eigenvalue weighted by Crippen LogP contribution is 2.45. The van der Waals surface area contributed by atoms with Crippen molar-refractivity contribution in [1.82, 2.24) is 10.1 Å². The van der Waals surface area contributed by atoms with Crippen molar-refractivity contribution in [3.8, 4) is 0 Å². The van der Waals surface area contributed by atoms with Crippen molar-refractivity contribution in [1.29, 1.82) is 0 Å². The Bertz CT molecular complexity index is 405. The molecule has 4 heteroatoms. The van der Waals surface area contributed by atoms with Crippen LogP contribution in [0, 0.1) is 11.8 Å². The smallest absolute Gasteiger partial charge is 0.232 e. The maximum atomic E-state index is 6.11. The molecule has 0 aliphatic heterocycles. The van der Waals surface area contributed by atoms with E-state index < -0.39 is 0 Å². The van der Waals surface area contributed by atoms with Gasteiger partial charge in [-0.15, -0.1) is 0 Å². The molecule has 0 aromatic carbocycles. The molecule has 1 aromatic heterocycles. The molecule has 1 aromatic rings. The predicted octanol–water partition coefficient (Wildman–Crippen LogP) is 3.58. The summed E-state index contributed by atoms with van der Waals surface area (Å²) in [7, 11) is 0. The summed E-state index contributed by atoms with van der Waals surface area (Å²) in [5.41, 5.74) is 6.22. The monoisotopic (exact) mass is 265 g/mol. The summed E-state index contributed by atoms with van der Waals surface area (Å²) in [6.45, 7) is 8.69. The molecule has 0 radical (unpaired) electrons. The van der Waals surface area contributed by atoms with Gasteiger partial charge in [-0.2, -0.15) is 4.98 Å². The summed E-state index contributed by atoms with van der Waals surface area (Å²) in [6.07, 6.45) is 6.00. The standard InChI is InChI=1S/C15H27N3O/c1-10(2)9-15(7-5-6-8-15)14-17-13(18-19-14)12(16)11(3)4/h10-12H,5-9,16H2,1-4H3. The van der Waals surface area contributed by atoms with Crippen molar-refractivity contribution in [3.63, 3.8) is 0 Å². The van der Waals surface area contributed by atoms with E-state index in [1.165, 1.54) is 25.7 Å². The zero-order chi connectivity index (χ0) is 14.0. The van der Waals surface area contributed by atoms with Crippen molar-refractivity contribution in [2.45, 2.75) is 71.3 Å². The lowest BCUT2D eigenvalue weighted by Crippen LogP contribution is -2.25. The van der Waals surface area contributed by atoms with Gasteiger partial charge in [0.2, 0.25) is 5.89 Å². The van der Waals surface area contributed by atoms with Crippen LogP contribution in [0.25, 0.3) is 0 Å². The van der Waals surface area contributed by atoms with E-state index in [0.29, 0.717) is 17.7 Å². The van der Waals surface area contributed by atoms with Crippen LogP contribution < -0.4 is 5.73 Å². The molecular weight excluding hydrogens is 238 g/mol. The summed E-state index contributed by atoms with van der Waals surface area (Å²) in [4.78, 5) is 4.64. The zero-order valence-electron chi connectivity index (χ0n) is 12.6. The quantitative estimate of drug-likeness (QED) is 0.883. The fraction of sp³-hybridized carbons (Fsp3) is 0.867. The molecule has 1 aliphatic carbocycles.